The van der Waals surface area contributed by atoms with Crippen molar-refractivity contribution >= 4 is 28.2 Å². The SMILES string of the molecule is O=c1c2ccccc2nnn1CNc1cccc(Cl)c1. The van der Waals surface area contributed by atoms with Gasteiger partial charge in [0, 0.05) is 10.7 Å². The van der Waals surface area contributed by atoms with E-state index in [4.69, 9.17) is 11.6 Å². The van der Waals surface area contributed by atoms with Gasteiger partial charge in [-0.1, -0.05) is 35.0 Å². The summed E-state index contributed by atoms with van der Waals surface area (Å²) in [6.45, 7) is 0.233. The van der Waals surface area contributed by atoms with E-state index in [2.05, 4.69) is 15.6 Å². The fraction of sp³-hybridized carbons (Fsp3) is 0.0714. The van der Waals surface area contributed by atoms with Crippen LogP contribution in [0.5, 0.6) is 0 Å². The molecule has 100 valence electrons. The summed E-state index contributed by atoms with van der Waals surface area (Å²) in [5, 5.41) is 12.2. The predicted octanol–water partition coefficient (Wildman–Crippen LogP) is 2.51. The standard InChI is InChI=1S/C14H11ClN4O/c15-10-4-3-5-11(8-10)16-9-19-14(20)12-6-1-2-7-13(12)17-18-19/h1-8,16H,9H2. The molecule has 0 spiro atoms. The lowest BCUT2D eigenvalue weighted by Gasteiger charge is -2.08. The highest BCUT2D eigenvalue weighted by Gasteiger charge is 2.04. The summed E-state index contributed by atoms with van der Waals surface area (Å²) < 4.78 is 1.28. The normalized spacial score (nSPS) is 10.7. The molecule has 1 aromatic heterocycles. The van der Waals surface area contributed by atoms with Crippen molar-refractivity contribution in [1.82, 2.24) is 15.0 Å². The molecule has 0 radical (unpaired) electrons. The van der Waals surface area contributed by atoms with E-state index in [1.165, 1.54) is 4.68 Å². The largest absolute Gasteiger partial charge is 0.366 e. The van der Waals surface area contributed by atoms with Crippen molar-refractivity contribution in [2.45, 2.75) is 6.67 Å². The molecule has 0 unspecified atom stereocenters. The monoisotopic (exact) mass is 286 g/mol. The van der Waals surface area contributed by atoms with Crippen LogP contribution in [0, 0.1) is 0 Å². The minimum Gasteiger partial charge on any atom is -0.366 e. The third-order valence-electron chi connectivity index (χ3n) is 2.89. The van der Waals surface area contributed by atoms with Crippen LogP contribution in [0.15, 0.2) is 53.3 Å². The van der Waals surface area contributed by atoms with Crippen LogP contribution in [-0.2, 0) is 6.67 Å². The van der Waals surface area contributed by atoms with Crippen molar-refractivity contribution < 1.29 is 0 Å². The number of nitrogens with one attached hydrogen (secondary N) is 1. The van der Waals surface area contributed by atoms with Gasteiger partial charge in [0.1, 0.15) is 12.2 Å². The highest BCUT2D eigenvalue weighted by molar-refractivity contribution is 6.30. The first-order chi connectivity index (χ1) is 9.74. The van der Waals surface area contributed by atoms with Gasteiger partial charge in [0.2, 0.25) is 0 Å². The molecule has 0 bridgehead atoms. The Hall–Kier alpha value is -2.40. The van der Waals surface area contributed by atoms with Gasteiger partial charge in [-0.25, -0.2) is 0 Å². The number of fused-ring (bicyclic) bond motifs is 1. The maximum Gasteiger partial charge on any atom is 0.279 e. The van der Waals surface area contributed by atoms with E-state index in [1.54, 1.807) is 30.3 Å². The first-order valence-corrected chi connectivity index (χ1v) is 6.44. The molecule has 2 aromatic carbocycles. The molecule has 5 nitrogen and oxygen atoms in total. The zero-order chi connectivity index (χ0) is 13.9. The number of hydrogen-bond acceptors (Lipinski definition) is 4. The Kier molecular flexibility index (Phi) is 3.35. The fourth-order valence-electron chi connectivity index (χ4n) is 1.89. The molecule has 6 heteroatoms. The number of hydrogen-bond donors (Lipinski definition) is 1. The van der Waals surface area contributed by atoms with E-state index in [0.717, 1.165) is 5.69 Å². The average Bonchev–Trinajstić information content (AvgIpc) is 2.47. The summed E-state index contributed by atoms with van der Waals surface area (Å²) in [7, 11) is 0. The summed E-state index contributed by atoms with van der Waals surface area (Å²) in [5.74, 6) is 0. The summed E-state index contributed by atoms with van der Waals surface area (Å²) in [6.07, 6.45) is 0. The molecule has 3 rings (SSSR count). The maximum atomic E-state index is 12.2. The van der Waals surface area contributed by atoms with E-state index in [-0.39, 0.29) is 12.2 Å². The lowest BCUT2D eigenvalue weighted by atomic mass is 10.2. The van der Waals surface area contributed by atoms with Crippen LogP contribution in [0.4, 0.5) is 5.69 Å². The third kappa shape index (κ3) is 2.48. The molecule has 0 saturated heterocycles. The second-order valence-electron chi connectivity index (χ2n) is 4.26. The Balaban J connectivity index is 1.88. The molecule has 0 saturated carbocycles. The fourth-order valence-corrected chi connectivity index (χ4v) is 2.08. The second kappa shape index (κ2) is 5.30. The molecule has 0 aliphatic heterocycles. The molecular formula is C14H11ClN4O. The Morgan fingerprint density at radius 3 is 2.85 bits per heavy atom. The minimum absolute atomic E-state index is 0.176. The van der Waals surface area contributed by atoms with E-state index in [0.29, 0.717) is 15.9 Å². The van der Waals surface area contributed by atoms with Crippen molar-refractivity contribution in [3.8, 4) is 0 Å². The number of halogens is 1. The quantitative estimate of drug-likeness (QED) is 0.804. The Morgan fingerprint density at radius 1 is 1.15 bits per heavy atom. The van der Waals surface area contributed by atoms with Crippen molar-refractivity contribution in [3.05, 3.63) is 63.9 Å². The van der Waals surface area contributed by atoms with Gasteiger partial charge in [0.25, 0.3) is 5.56 Å². The van der Waals surface area contributed by atoms with Gasteiger partial charge in [0.05, 0.1) is 5.39 Å². The lowest BCUT2D eigenvalue weighted by molar-refractivity contribution is 0.589. The van der Waals surface area contributed by atoms with Crippen LogP contribution >= 0.6 is 11.6 Å². The van der Waals surface area contributed by atoms with Crippen molar-refractivity contribution in [2.75, 3.05) is 5.32 Å². The van der Waals surface area contributed by atoms with E-state index in [9.17, 15) is 4.79 Å². The van der Waals surface area contributed by atoms with Gasteiger partial charge in [-0.05, 0) is 30.3 Å². The molecule has 20 heavy (non-hydrogen) atoms. The first-order valence-electron chi connectivity index (χ1n) is 6.06. The van der Waals surface area contributed by atoms with Crippen LogP contribution < -0.4 is 10.9 Å². The second-order valence-corrected chi connectivity index (χ2v) is 4.69. The van der Waals surface area contributed by atoms with Gasteiger partial charge in [-0.15, -0.1) is 5.10 Å². The van der Waals surface area contributed by atoms with Crippen molar-refractivity contribution in [3.63, 3.8) is 0 Å². The summed E-state index contributed by atoms with van der Waals surface area (Å²) in [4.78, 5) is 12.2. The van der Waals surface area contributed by atoms with E-state index < -0.39 is 0 Å². The van der Waals surface area contributed by atoms with Crippen LogP contribution in [0.2, 0.25) is 5.02 Å². The Morgan fingerprint density at radius 2 is 2.00 bits per heavy atom. The number of benzene rings is 2. The lowest BCUT2D eigenvalue weighted by Crippen LogP contribution is -2.27. The van der Waals surface area contributed by atoms with Gasteiger partial charge >= 0.3 is 0 Å². The topological polar surface area (TPSA) is 59.8 Å². The van der Waals surface area contributed by atoms with Crippen LogP contribution in [-0.4, -0.2) is 15.0 Å². The van der Waals surface area contributed by atoms with Crippen LogP contribution in [0.25, 0.3) is 10.9 Å². The highest BCUT2D eigenvalue weighted by atomic mass is 35.5. The molecule has 0 amide bonds. The van der Waals surface area contributed by atoms with Crippen molar-refractivity contribution in [1.29, 1.82) is 0 Å². The summed E-state index contributed by atoms with van der Waals surface area (Å²) in [5.41, 5.74) is 1.24. The average molecular weight is 287 g/mol. The number of nitrogens with zero attached hydrogens (tertiary/aromatic N) is 3. The van der Waals surface area contributed by atoms with Crippen LogP contribution in [0.3, 0.4) is 0 Å². The Bertz CT molecular complexity index is 815. The highest BCUT2D eigenvalue weighted by Crippen LogP contribution is 2.14. The van der Waals surface area contributed by atoms with E-state index >= 15 is 0 Å². The number of aromatic nitrogens is 3. The zero-order valence-electron chi connectivity index (χ0n) is 10.5. The molecule has 0 aliphatic rings. The van der Waals surface area contributed by atoms with Gasteiger partial charge < -0.3 is 5.32 Å². The number of anilines is 1. The third-order valence-corrected chi connectivity index (χ3v) is 3.12. The molecule has 1 N–H and O–H groups in total. The Labute approximate surface area is 119 Å². The molecule has 1 heterocycles. The molecule has 0 atom stereocenters. The summed E-state index contributed by atoms with van der Waals surface area (Å²) >= 11 is 5.90. The minimum atomic E-state index is -0.176. The van der Waals surface area contributed by atoms with Gasteiger partial charge in [0.15, 0.2) is 0 Å². The maximum absolute atomic E-state index is 12.2. The van der Waals surface area contributed by atoms with E-state index in [1.807, 2.05) is 18.2 Å². The number of rotatable bonds is 3. The predicted molar refractivity (Wildman–Crippen MR) is 78.9 cm³/mol. The smallest absolute Gasteiger partial charge is 0.279 e. The zero-order valence-corrected chi connectivity index (χ0v) is 11.2. The molecule has 0 fully saturated rings. The van der Waals surface area contributed by atoms with Gasteiger partial charge in [-0.3, -0.25) is 4.79 Å². The molecular weight excluding hydrogens is 276 g/mol. The molecule has 3 aromatic rings. The first kappa shape index (κ1) is 12.6. The van der Waals surface area contributed by atoms with Crippen LogP contribution in [0.1, 0.15) is 0 Å². The summed E-state index contributed by atoms with van der Waals surface area (Å²) in [6, 6.07) is 14.4. The van der Waals surface area contributed by atoms with Crippen molar-refractivity contribution in [2.24, 2.45) is 0 Å². The molecule has 0 aliphatic carbocycles. The van der Waals surface area contributed by atoms with Gasteiger partial charge in [-0.2, -0.15) is 4.68 Å².